The molecule has 2 aromatic carbocycles. The van der Waals surface area contributed by atoms with E-state index in [1.54, 1.807) is 36.7 Å². The Kier molecular flexibility index (Phi) is 5.00. The summed E-state index contributed by atoms with van der Waals surface area (Å²) in [6.07, 6.45) is 2.82. The van der Waals surface area contributed by atoms with Gasteiger partial charge in [-0.2, -0.15) is 0 Å². The molecular formula is C19H15BrN2O3. The van der Waals surface area contributed by atoms with E-state index in [1.165, 1.54) is 7.11 Å². The predicted molar refractivity (Wildman–Crippen MR) is 99.8 cm³/mol. The van der Waals surface area contributed by atoms with Crippen LogP contribution < -0.4 is 5.32 Å². The molecule has 0 fully saturated rings. The minimum atomic E-state index is -0.574. The molecule has 0 aliphatic carbocycles. The van der Waals surface area contributed by atoms with Gasteiger partial charge in [-0.1, -0.05) is 46.3 Å². The first-order chi connectivity index (χ1) is 12.1. The molecule has 0 bridgehead atoms. The molecule has 0 saturated heterocycles. The number of ether oxygens (including phenoxy) is 1. The lowest BCUT2D eigenvalue weighted by molar-refractivity contribution is 0.103. The highest BCUT2D eigenvalue weighted by Crippen LogP contribution is 2.34. The number of H-pyrrole nitrogens is 1. The number of nitrogens with one attached hydrogen (secondary N) is 2. The van der Waals surface area contributed by atoms with Gasteiger partial charge in [0.05, 0.1) is 12.8 Å². The molecule has 0 saturated carbocycles. The normalized spacial score (nSPS) is 10.3. The predicted octanol–water partition coefficient (Wildman–Crippen LogP) is 4.85. The number of aromatic amines is 1. The van der Waals surface area contributed by atoms with Gasteiger partial charge < -0.3 is 9.72 Å². The van der Waals surface area contributed by atoms with E-state index in [0.717, 1.165) is 4.47 Å². The van der Waals surface area contributed by atoms with Crippen molar-refractivity contribution < 1.29 is 14.3 Å². The lowest BCUT2D eigenvalue weighted by Crippen LogP contribution is -2.12. The van der Waals surface area contributed by atoms with Crippen LogP contribution in [-0.4, -0.2) is 24.0 Å². The summed E-state index contributed by atoms with van der Waals surface area (Å²) in [7, 11) is 1.30. The van der Waals surface area contributed by atoms with Gasteiger partial charge in [0.2, 0.25) is 0 Å². The van der Waals surface area contributed by atoms with Gasteiger partial charge in [-0.3, -0.25) is 10.1 Å². The molecule has 126 valence electrons. The Morgan fingerprint density at radius 1 is 1.04 bits per heavy atom. The summed E-state index contributed by atoms with van der Waals surface area (Å²) in [5.41, 5.74) is 3.08. The number of ketones is 1. The van der Waals surface area contributed by atoms with Crippen molar-refractivity contribution in [2.24, 2.45) is 0 Å². The molecule has 25 heavy (non-hydrogen) atoms. The van der Waals surface area contributed by atoms with Crippen molar-refractivity contribution >= 4 is 33.5 Å². The molecule has 0 unspecified atom stereocenters. The van der Waals surface area contributed by atoms with E-state index in [0.29, 0.717) is 27.9 Å². The lowest BCUT2D eigenvalue weighted by Gasteiger charge is -2.12. The second-order valence-corrected chi connectivity index (χ2v) is 6.20. The molecule has 2 N–H and O–H groups in total. The third kappa shape index (κ3) is 3.64. The van der Waals surface area contributed by atoms with Gasteiger partial charge in [0.1, 0.15) is 0 Å². The standard InChI is InChI=1S/C19H15BrN2O3/c1-25-19(24)22-17-8-7-13(20)9-14(17)15-10-21-11-16(15)18(23)12-5-3-2-4-6-12/h2-11,21H,1H3,(H,22,24). The molecule has 3 aromatic rings. The largest absolute Gasteiger partial charge is 0.453 e. The third-order valence-corrected chi connectivity index (χ3v) is 4.21. The second kappa shape index (κ2) is 7.36. The SMILES string of the molecule is COC(=O)Nc1ccc(Br)cc1-c1c[nH]cc1C(=O)c1ccccc1. The van der Waals surface area contributed by atoms with Gasteiger partial charge in [0.25, 0.3) is 0 Å². The van der Waals surface area contributed by atoms with E-state index in [4.69, 9.17) is 0 Å². The van der Waals surface area contributed by atoms with Gasteiger partial charge in [-0.15, -0.1) is 0 Å². The zero-order valence-electron chi connectivity index (χ0n) is 13.4. The first kappa shape index (κ1) is 17.0. The summed E-state index contributed by atoms with van der Waals surface area (Å²) < 4.78 is 5.50. The number of carbonyl (C=O) groups excluding carboxylic acids is 2. The number of aromatic nitrogens is 1. The van der Waals surface area contributed by atoms with Gasteiger partial charge in [-0.25, -0.2) is 4.79 Å². The molecular weight excluding hydrogens is 384 g/mol. The molecule has 0 aliphatic rings. The van der Waals surface area contributed by atoms with E-state index < -0.39 is 6.09 Å². The van der Waals surface area contributed by atoms with Crippen LogP contribution >= 0.6 is 15.9 Å². The number of hydrogen-bond donors (Lipinski definition) is 2. The van der Waals surface area contributed by atoms with Gasteiger partial charge in [0, 0.05) is 39.1 Å². The number of halogens is 1. The highest BCUT2D eigenvalue weighted by atomic mass is 79.9. The first-order valence-corrected chi connectivity index (χ1v) is 8.31. The molecule has 3 rings (SSSR count). The number of carbonyl (C=O) groups is 2. The Morgan fingerprint density at radius 3 is 2.52 bits per heavy atom. The summed E-state index contributed by atoms with van der Waals surface area (Å²) in [4.78, 5) is 27.4. The minimum Gasteiger partial charge on any atom is -0.453 e. The molecule has 0 spiro atoms. The molecule has 0 aliphatic heterocycles. The Labute approximate surface area is 153 Å². The zero-order chi connectivity index (χ0) is 17.8. The van der Waals surface area contributed by atoms with Gasteiger partial charge in [0.15, 0.2) is 5.78 Å². The Balaban J connectivity index is 2.07. The average molecular weight is 399 g/mol. The fourth-order valence-electron chi connectivity index (χ4n) is 2.53. The van der Waals surface area contributed by atoms with E-state index in [1.807, 2.05) is 24.3 Å². The lowest BCUT2D eigenvalue weighted by atomic mass is 9.97. The number of rotatable bonds is 4. The maximum absolute atomic E-state index is 12.8. The van der Waals surface area contributed by atoms with Crippen molar-refractivity contribution in [3.8, 4) is 11.1 Å². The summed E-state index contributed by atoms with van der Waals surface area (Å²) in [5, 5.41) is 2.67. The maximum atomic E-state index is 12.8. The summed E-state index contributed by atoms with van der Waals surface area (Å²) in [5.74, 6) is -0.0964. The highest BCUT2D eigenvalue weighted by molar-refractivity contribution is 9.10. The average Bonchev–Trinajstić information content (AvgIpc) is 3.12. The van der Waals surface area contributed by atoms with Crippen LogP contribution in [0.5, 0.6) is 0 Å². The third-order valence-electron chi connectivity index (χ3n) is 3.72. The zero-order valence-corrected chi connectivity index (χ0v) is 15.0. The first-order valence-electron chi connectivity index (χ1n) is 7.51. The van der Waals surface area contributed by atoms with E-state index >= 15 is 0 Å². The molecule has 1 amide bonds. The molecule has 0 radical (unpaired) electrons. The Bertz CT molecular complexity index is 919. The van der Waals surface area contributed by atoms with Crippen molar-refractivity contribution in [2.75, 3.05) is 12.4 Å². The van der Waals surface area contributed by atoms with Gasteiger partial charge in [-0.05, 0) is 18.2 Å². The van der Waals surface area contributed by atoms with E-state index in [9.17, 15) is 9.59 Å². The van der Waals surface area contributed by atoms with Gasteiger partial charge >= 0.3 is 6.09 Å². The van der Waals surface area contributed by atoms with Crippen LogP contribution in [0.2, 0.25) is 0 Å². The molecule has 5 nitrogen and oxygen atoms in total. The summed E-state index contributed by atoms with van der Waals surface area (Å²) >= 11 is 3.43. The van der Waals surface area contributed by atoms with Crippen LogP contribution in [0, 0.1) is 0 Å². The van der Waals surface area contributed by atoms with Crippen LogP contribution in [0.3, 0.4) is 0 Å². The monoisotopic (exact) mass is 398 g/mol. The van der Waals surface area contributed by atoms with E-state index in [2.05, 4.69) is 31.0 Å². The fourth-order valence-corrected chi connectivity index (χ4v) is 2.89. The van der Waals surface area contributed by atoms with Crippen molar-refractivity contribution in [1.82, 2.24) is 4.98 Å². The van der Waals surface area contributed by atoms with Crippen LogP contribution in [0.25, 0.3) is 11.1 Å². The number of benzene rings is 2. The second-order valence-electron chi connectivity index (χ2n) is 5.28. The smallest absolute Gasteiger partial charge is 0.411 e. The van der Waals surface area contributed by atoms with Crippen molar-refractivity contribution in [1.29, 1.82) is 0 Å². The van der Waals surface area contributed by atoms with Crippen LogP contribution in [-0.2, 0) is 4.74 Å². The van der Waals surface area contributed by atoms with Crippen molar-refractivity contribution in [3.05, 3.63) is 76.5 Å². The van der Waals surface area contributed by atoms with Crippen LogP contribution in [0.15, 0.2) is 65.4 Å². The summed E-state index contributed by atoms with van der Waals surface area (Å²) in [6.45, 7) is 0. The number of hydrogen-bond acceptors (Lipinski definition) is 3. The van der Waals surface area contributed by atoms with Crippen LogP contribution in [0.4, 0.5) is 10.5 Å². The van der Waals surface area contributed by atoms with Crippen LogP contribution in [0.1, 0.15) is 15.9 Å². The molecule has 1 heterocycles. The van der Waals surface area contributed by atoms with Crippen molar-refractivity contribution in [2.45, 2.75) is 0 Å². The number of amides is 1. The maximum Gasteiger partial charge on any atom is 0.411 e. The quantitative estimate of drug-likeness (QED) is 0.616. The summed E-state index contributed by atoms with van der Waals surface area (Å²) in [6, 6.07) is 14.4. The number of anilines is 1. The highest BCUT2D eigenvalue weighted by Gasteiger charge is 2.19. The van der Waals surface area contributed by atoms with Crippen molar-refractivity contribution in [3.63, 3.8) is 0 Å². The molecule has 1 aromatic heterocycles. The fraction of sp³-hybridized carbons (Fsp3) is 0.0526. The number of methoxy groups -OCH3 is 1. The minimum absolute atomic E-state index is 0.0964. The Morgan fingerprint density at radius 2 is 1.80 bits per heavy atom. The van der Waals surface area contributed by atoms with E-state index in [-0.39, 0.29) is 5.78 Å². The topological polar surface area (TPSA) is 71.2 Å². The molecule has 6 heteroatoms. The Hall–Kier alpha value is -2.86. The molecule has 0 atom stereocenters.